The van der Waals surface area contributed by atoms with Crippen LogP contribution in [0.3, 0.4) is 0 Å². The van der Waals surface area contributed by atoms with Gasteiger partial charge in [0.05, 0.1) is 20.0 Å². The van der Waals surface area contributed by atoms with E-state index < -0.39 is 0 Å². The minimum absolute atomic E-state index is 0.109. The number of ether oxygens (including phenoxy) is 2. The molecule has 0 spiro atoms. The van der Waals surface area contributed by atoms with Crippen LogP contribution in [0.2, 0.25) is 0 Å². The molecule has 1 aromatic carbocycles. The second-order valence-electron chi connectivity index (χ2n) is 6.23. The quantitative estimate of drug-likeness (QED) is 0.629. The molecule has 0 atom stereocenters. The summed E-state index contributed by atoms with van der Waals surface area (Å²) in [5.74, 6) is 1.87. The Labute approximate surface area is 158 Å². The van der Waals surface area contributed by atoms with Gasteiger partial charge in [-0.3, -0.25) is 4.79 Å². The zero-order valence-electron chi connectivity index (χ0n) is 15.5. The Bertz CT molecular complexity index is 758. The summed E-state index contributed by atoms with van der Waals surface area (Å²) in [5, 5.41) is 0.933. The van der Waals surface area contributed by atoms with Crippen molar-refractivity contribution in [3.05, 3.63) is 36.2 Å². The van der Waals surface area contributed by atoms with Gasteiger partial charge in [-0.15, -0.1) is 0 Å². The van der Waals surface area contributed by atoms with Gasteiger partial charge >= 0.3 is 0 Å². The summed E-state index contributed by atoms with van der Waals surface area (Å²) < 4.78 is 12.8. The number of carbonyl (C=O) groups excluding carboxylic acids is 1. The van der Waals surface area contributed by atoms with Gasteiger partial charge in [0.2, 0.25) is 5.91 Å². The van der Waals surface area contributed by atoms with Crippen molar-refractivity contribution in [3.8, 4) is 11.5 Å². The summed E-state index contributed by atoms with van der Waals surface area (Å²) in [7, 11) is 3.23. The minimum Gasteiger partial charge on any atom is -0.493 e. The molecular weight excluding hydrogens is 350 g/mol. The van der Waals surface area contributed by atoms with Crippen molar-refractivity contribution in [2.24, 2.45) is 0 Å². The first-order valence-corrected chi connectivity index (χ1v) is 9.79. The number of rotatable bonds is 9. The molecule has 1 fully saturated rings. The molecule has 0 aliphatic heterocycles. The zero-order valence-corrected chi connectivity index (χ0v) is 16.3. The second kappa shape index (κ2) is 8.49. The van der Waals surface area contributed by atoms with E-state index in [9.17, 15) is 4.79 Å². The number of imidazole rings is 1. The molecule has 0 radical (unpaired) electrons. The Morgan fingerprint density at radius 2 is 2.08 bits per heavy atom. The maximum absolute atomic E-state index is 12.7. The number of thioether (sulfide) groups is 1. The molecule has 0 bridgehead atoms. The van der Waals surface area contributed by atoms with Crippen LogP contribution in [0.25, 0.3) is 0 Å². The first-order valence-electron chi connectivity index (χ1n) is 8.80. The molecule has 7 heteroatoms. The monoisotopic (exact) mass is 375 g/mol. The molecule has 6 nitrogen and oxygen atoms in total. The lowest BCUT2D eigenvalue weighted by Crippen LogP contribution is -2.31. The number of methoxy groups -OCH3 is 2. The Kier molecular flexibility index (Phi) is 6.08. The molecule has 0 saturated heterocycles. The van der Waals surface area contributed by atoms with Gasteiger partial charge in [0, 0.05) is 31.5 Å². The van der Waals surface area contributed by atoms with Crippen molar-refractivity contribution in [3.63, 3.8) is 0 Å². The fourth-order valence-corrected chi connectivity index (χ4v) is 3.76. The van der Waals surface area contributed by atoms with E-state index in [0.29, 0.717) is 36.4 Å². The van der Waals surface area contributed by atoms with Gasteiger partial charge in [0.15, 0.2) is 16.7 Å². The van der Waals surface area contributed by atoms with Crippen molar-refractivity contribution in [1.82, 2.24) is 14.5 Å². The highest BCUT2D eigenvalue weighted by Gasteiger charge is 2.26. The van der Waals surface area contributed by atoms with E-state index in [1.54, 1.807) is 14.2 Å². The molecule has 2 aromatic rings. The second-order valence-corrected chi connectivity index (χ2v) is 7.18. The molecule has 1 amide bonds. The molecule has 1 aromatic heterocycles. The summed E-state index contributed by atoms with van der Waals surface area (Å²) >= 11 is 1.51. The molecule has 0 unspecified atom stereocenters. The summed E-state index contributed by atoms with van der Waals surface area (Å²) in [6.07, 6.45) is 6.23. The zero-order chi connectivity index (χ0) is 18.5. The molecule has 3 rings (SSSR count). The Balaban J connectivity index is 1.60. The number of carbonyl (C=O) groups is 1. The summed E-state index contributed by atoms with van der Waals surface area (Å²) in [5.41, 5.74) is 1.02. The minimum atomic E-state index is 0.109. The summed E-state index contributed by atoms with van der Waals surface area (Å²) in [6, 6.07) is 6.32. The standard InChI is InChI=1S/C19H25N3O3S/c1-4-21(12-14-5-8-16(24-2)17(11-14)25-3)18(23)13-26-19-20-9-10-22(19)15-6-7-15/h5,8-11,15H,4,6-7,12-13H2,1-3H3. The molecule has 1 heterocycles. The van der Waals surface area contributed by atoms with Crippen LogP contribution >= 0.6 is 11.8 Å². The smallest absolute Gasteiger partial charge is 0.233 e. The van der Waals surface area contributed by atoms with Gasteiger partial charge in [0.25, 0.3) is 0 Å². The average Bonchev–Trinajstić information content (AvgIpc) is 3.41. The fraction of sp³-hybridized carbons (Fsp3) is 0.474. The third kappa shape index (κ3) is 4.33. The van der Waals surface area contributed by atoms with Crippen molar-refractivity contribution in [2.45, 2.75) is 37.5 Å². The lowest BCUT2D eigenvalue weighted by Gasteiger charge is -2.21. The molecule has 1 aliphatic carbocycles. The first-order chi connectivity index (χ1) is 12.7. The van der Waals surface area contributed by atoms with Gasteiger partial charge in [-0.1, -0.05) is 17.8 Å². The molecule has 140 valence electrons. The highest BCUT2D eigenvalue weighted by molar-refractivity contribution is 7.99. The normalized spacial score (nSPS) is 13.5. The number of hydrogen-bond acceptors (Lipinski definition) is 5. The van der Waals surface area contributed by atoms with Gasteiger partial charge < -0.3 is 18.9 Å². The maximum Gasteiger partial charge on any atom is 0.233 e. The number of hydrogen-bond donors (Lipinski definition) is 0. The molecule has 1 aliphatic rings. The van der Waals surface area contributed by atoms with Crippen LogP contribution in [-0.4, -0.2) is 46.9 Å². The Hall–Kier alpha value is -2.15. The third-order valence-corrected chi connectivity index (χ3v) is 5.42. The van der Waals surface area contributed by atoms with E-state index in [-0.39, 0.29) is 5.91 Å². The maximum atomic E-state index is 12.7. The van der Waals surface area contributed by atoms with Crippen LogP contribution in [0.4, 0.5) is 0 Å². The highest BCUT2D eigenvalue weighted by atomic mass is 32.2. The number of nitrogens with zero attached hydrogens (tertiary/aromatic N) is 3. The number of aromatic nitrogens is 2. The van der Waals surface area contributed by atoms with Crippen LogP contribution in [0.15, 0.2) is 35.7 Å². The summed E-state index contributed by atoms with van der Waals surface area (Å²) in [4.78, 5) is 18.9. The van der Waals surface area contributed by atoms with E-state index in [2.05, 4.69) is 9.55 Å². The molecular formula is C19H25N3O3S. The lowest BCUT2D eigenvalue weighted by molar-refractivity contribution is -0.128. The van der Waals surface area contributed by atoms with Crippen LogP contribution in [-0.2, 0) is 11.3 Å². The van der Waals surface area contributed by atoms with Gasteiger partial charge in [-0.25, -0.2) is 4.98 Å². The number of benzene rings is 1. The van der Waals surface area contributed by atoms with Crippen LogP contribution in [0.5, 0.6) is 11.5 Å². The van der Waals surface area contributed by atoms with Crippen LogP contribution < -0.4 is 9.47 Å². The van der Waals surface area contributed by atoms with Crippen molar-refractivity contribution in [2.75, 3.05) is 26.5 Å². The van der Waals surface area contributed by atoms with E-state index in [1.807, 2.05) is 42.4 Å². The first kappa shape index (κ1) is 18.6. The van der Waals surface area contributed by atoms with E-state index in [4.69, 9.17) is 9.47 Å². The SMILES string of the molecule is CCN(Cc1ccc(OC)c(OC)c1)C(=O)CSc1nccn1C1CC1. The van der Waals surface area contributed by atoms with Crippen molar-refractivity contribution in [1.29, 1.82) is 0 Å². The van der Waals surface area contributed by atoms with Crippen LogP contribution in [0.1, 0.15) is 31.4 Å². The van der Waals surface area contributed by atoms with Gasteiger partial charge in [-0.05, 0) is 37.5 Å². The topological polar surface area (TPSA) is 56.6 Å². The highest BCUT2D eigenvalue weighted by Crippen LogP contribution is 2.37. The van der Waals surface area contributed by atoms with Crippen molar-refractivity contribution < 1.29 is 14.3 Å². The van der Waals surface area contributed by atoms with Gasteiger partial charge in [-0.2, -0.15) is 0 Å². The average molecular weight is 375 g/mol. The third-order valence-electron chi connectivity index (χ3n) is 4.45. The van der Waals surface area contributed by atoms with E-state index in [1.165, 1.54) is 24.6 Å². The van der Waals surface area contributed by atoms with Gasteiger partial charge in [0.1, 0.15) is 0 Å². The Morgan fingerprint density at radius 1 is 1.31 bits per heavy atom. The van der Waals surface area contributed by atoms with Crippen molar-refractivity contribution >= 4 is 17.7 Å². The largest absolute Gasteiger partial charge is 0.493 e. The predicted octanol–water partition coefficient (Wildman–Crippen LogP) is 3.38. The van der Waals surface area contributed by atoms with E-state index in [0.717, 1.165) is 10.7 Å². The fourth-order valence-electron chi connectivity index (χ4n) is 2.84. The van der Waals surface area contributed by atoms with E-state index >= 15 is 0 Å². The summed E-state index contributed by atoms with van der Waals surface area (Å²) in [6.45, 7) is 3.20. The molecule has 1 saturated carbocycles. The predicted molar refractivity (Wildman–Crippen MR) is 102 cm³/mol. The number of amides is 1. The molecule has 0 N–H and O–H groups in total. The Morgan fingerprint density at radius 3 is 2.73 bits per heavy atom. The van der Waals surface area contributed by atoms with Crippen LogP contribution in [0, 0.1) is 0 Å². The molecule has 26 heavy (non-hydrogen) atoms. The lowest BCUT2D eigenvalue weighted by atomic mass is 10.2.